The monoisotopic (exact) mass is 291 g/mol. The highest BCUT2D eigenvalue weighted by atomic mass is 16.6. The third-order valence-electron chi connectivity index (χ3n) is 3.70. The molecule has 1 fully saturated rings. The van der Waals surface area contributed by atoms with E-state index < -0.39 is 4.92 Å². The van der Waals surface area contributed by atoms with E-state index in [9.17, 15) is 14.9 Å². The Bertz CT molecular complexity index is 523. The molecule has 1 aromatic carbocycles. The molecule has 1 aliphatic rings. The van der Waals surface area contributed by atoms with Crippen molar-refractivity contribution in [3.05, 3.63) is 33.9 Å². The molecule has 0 aromatic heterocycles. The van der Waals surface area contributed by atoms with Crippen molar-refractivity contribution in [2.75, 3.05) is 25.0 Å². The number of nitro groups is 1. The van der Waals surface area contributed by atoms with Gasteiger partial charge in [0.15, 0.2) is 0 Å². The molecule has 0 unspecified atom stereocenters. The molecule has 2 rings (SSSR count). The number of hydrogen-bond acceptors (Lipinski definition) is 4. The summed E-state index contributed by atoms with van der Waals surface area (Å²) >= 11 is 0. The van der Waals surface area contributed by atoms with Gasteiger partial charge in [-0.15, -0.1) is 0 Å². The van der Waals surface area contributed by atoms with Gasteiger partial charge in [0.05, 0.1) is 4.92 Å². The lowest BCUT2D eigenvalue weighted by Crippen LogP contribution is -2.32. The lowest BCUT2D eigenvalue weighted by molar-refractivity contribution is -0.385. The van der Waals surface area contributed by atoms with Crippen LogP contribution in [0.2, 0.25) is 0 Å². The van der Waals surface area contributed by atoms with Crippen LogP contribution in [-0.2, 0) is 0 Å². The average Bonchev–Trinajstić information content (AvgIpc) is 2.75. The molecule has 1 N–H and O–H groups in total. The highest BCUT2D eigenvalue weighted by Gasteiger charge is 2.25. The molecule has 1 heterocycles. The van der Waals surface area contributed by atoms with E-state index in [-0.39, 0.29) is 17.2 Å². The Kier molecular flexibility index (Phi) is 5.14. The van der Waals surface area contributed by atoms with E-state index in [2.05, 4.69) is 5.32 Å². The molecule has 1 aromatic rings. The third-order valence-corrected chi connectivity index (χ3v) is 3.70. The summed E-state index contributed by atoms with van der Waals surface area (Å²) in [6.45, 7) is 4.01. The molecule has 1 amide bonds. The lowest BCUT2D eigenvalue weighted by Gasteiger charge is -2.20. The number of benzene rings is 1. The van der Waals surface area contributed by atoms with Crippen molar-refractivity contribution >= 4 is 17.3 Å². The van der Waals surface area contributed by atoms with Gasteiger partial charge >= 0.3 is 0 Å². The summed E-state index contributed by atoms with van der Waals surface area (Å²) in [5, 5.41) is 14.3. The van der Waals surface area contributed by atoms with Crippen LogP contribution in [0.4, 0.5) is 11.4 Å². The fourth-order valence-electron chi connectivity index (χ4n) is 2.62. The molecule has 0 atom stereocenters. The second-order valence-corrected chi connectivity index (χ2v) is 5.23. The minimum atomic E-state index is -0.485. The third kappa shape index (κ3) is 3.71. The zero-order valence-corrected chi connectivity index (χ0v) is 12.3. The number of nitrogens with zero attached hydrogens (tertiary/aromatic N) is 2. The van der Waals surface area contributed by atoms with E-state index in [1.165, 1.54) is 6.07 Å². The molecule has 6 heteroatoms. The van der Waals surface area contributed by atoms with E-state index in [0.29, 0.717) is 19.6 Å². The molecule has 0 bridgehead atoms. The molecule has 1 aliphatic heterocycles. The highest BCUT2D eigenvalue weighted by Crippen LogP contribution is 2.25. The zero-order chi connectivity index (χ0) is 15.2. The number of carbonyl (C=O) groups excluding carboxylic acids is 1. The van der Waals surface area contributed by atoms with Crippen LogP contribution in [0, 0.1) is 10.1 Å². The number of amides is 1. The van der Waals surface area contributed by atoms with Crippen molar-refractivity contribution < 1.29 is 9.72 Å². The second kappa shape index (κ2) is 7.06. The number of likely N-dealkylation sites (tertiary alicyclic amines) is 1. The summed E-state index contributed by atoms with van der Waals surface area (Å²) in [5.74, 6) is -0.233. The smallest absolute Gasteiger partial charge is 0.282 e. The van der Waals surface area contributed by atoms with Gasteiger partial charge in [0, 0.05) is 31.4 Å². The van der Waals surface area contributed by atoms with E-state index in [1.807, 2.05) is 6.92 Å². The predicted octanol–water partition coefficient (Wildman–Crippen LogP) is 3.04. The topological polar surface area (TPSA) is 75.5 Å². The molecule has 0 spiro atoms. The maximum Gasteiger partial charge on any atom is 0.282 e. The first kappa shape index (κ1) is 15.3. The Morgan fingerprint density at radius 3 is 2.52 bits per heavy atom. The summed E-state index contributed by atoms with van der Waals surface area (Å²) in [7, 11) is 0. The molecule has 0 radical (unpaired) electrons. The van der Waals surface area contributed by atoms with Gasteiger partial charge in [0.2, 0.25) is 0 Å². The largest absolute Gasteiger partial charge is 0.385 e. The Morgan fingerprint density at radius 1 is 1.29 bits per heavy atom. The van der Waals surface area contributed by atoms with Crippen LogP contribution < -0.4 is 5.32 Å². The predicted molar refractivity (Wildman–Crippen MR) is 81.6 cm³/mol. The van der Waals surface area contributed by atoms with Crippen LogP contribution in [0.15, 0.2) is 18.2 Å². The summed E-state index contributed by atoms with van der Waals surface area (Å²) in [6, 6.07) is 4.64. The maximum atomic E-state index is 12.6. The first-order chi connectivity index (χ1) is 10.1. The summed E-state index contributed by atoms with van der Waals surface area (Å²) in [6.07, 6.45) is 4.16. The Hall–Kier alpha value is -2.11. The van der Waals surface area contributed by atoms with E-state index in [4.69, 9.17) is 0 Å². The number of nitrogens with one attached hydrogen (secondary N) is 1. The van der Waals surface area contributed by atoms with Gasteiger partial charge in [-0.1, -0.05) is 12.8 Å². The van der Waals surface area contributed by atoms with Crippen molar-refractivity contribution in [2.24, 2.45) is 0 Å². The summed E-state index contributed by atoms with van der Waals surface area (Å²) in [4.78, 5) is 25.0. The first-order valence-electron chi connectivity index (χ1n) is 7.45. The van der Waals surface area contributed by atoms with Crippen LogP contribution in [0.5, 0.6) is 0 Å². The molecule has 0 saturated carbocycles. The van der Waals surface area contributed by atoms with Crippen LogP contribution >= 0.6 is 0 Å². The summed E-state index contributed by atoms with van der Waals surface area (Å²) in [5.41, 5.74) is 0.799. The lowest BCUT2D eigenvalue weighted by atomic mass is 10.1. The fourth-order valence-corrected chi connectivity index (χ4v) is 2.62. The van der Waals surface area contributed by atoms with E-state index >= 15 is 0 Å². The van der Waals surface area contributed by atoms with Crippen molar-refractivity contribution in [1.29, 1.82) is 0 Å². The molecule has 0 aliphatic carbocycles. The number of rotatable bonds is 4. The number of nitro benzene ring substituents is 1. The maximum absolute atomic E-state index is 12.6. The van der Waals surface area contributed by atoms with Gasteiger partial charge in [-0.2, -0.15) is 0 Å². The molecular formula is C15H21N3O3. The van der Waals surface area contributed by atoms with E-state index in [0.717, 1.165) is 31.4 Å². The molecular weight excluding hydrogens is 270 g/mol. The Balaban J connectivity index is 2.31. The molecule has 21 heavy (non-hydrogen) atoms. The fraction of sp³-hybridized carbons (Fsp3) is 0.533. The van der Waals surface area contributed by atoms with Gasteiger partial charge in [-0.3, -0.25) is 14.9 Å². The highest BCUT2D eigenvalue weighted by molar-refractivity contribution is 5.99. The van der Waals surface area contributed by atoms with Gasteiger partial charge in [-0.25, -0.2) is 0 Å². The SMILES string of the molecule is CCNc1ccc([N+](=O)[O-])c(C(=O)N2CCCCCC2)c1. The molecule has 114 valence electrons. The first-order valence-corrected chi connectivity index (χ1v) is 7.45. The van der Waals surface area contributed by atoms with Crippen molar-refractivity contribution in [3.63, 3.8) is 0 Å². The number of carbonyl (C=O) groups is 1. The van der Waals surface area contributed by atoms with Crippen LogP contribution in [0.25, 0.3) is 0 Å². The Labute approximate surface area is 124 Å². The van der Waals surface area contributed by atoms with Gasteiger partial charge in [0.1, 0.15) is 5.56 Å². The van der Waals surface area contributed by atoms with Crippen molar-refractivity contribution in [2.45, 2.75) is 32.6 Å². The minimum Gasteiger partial charge on any atom is -0.385 e. The Morgan fingerprint density at radius 2 is 1.95 bits per heavy atom. The van der Waals surface area contributed by atoms with Crippen LogP contribution in [0.3, 0.4) is 0 Å². The standard InChI is InChI=1S/C15H21N3O3/c1-2-16-12-7-8-14(18(20)21)13(11-12)15(19)17-9-5-3-4-6-10-17/h7-8,11,16H,2-6,9-10H2,1H3. The minimum absolute atomic E-state index is 0.120. The number of hydrogen-bond donors (Lipinski definition) is 1. The van der Waals surface area contributed by atoms with Gasteiger partial charge in [0.25, 0.3) is 11.6 Å². The van der Waals surface area contributed by atoms with E-state index in [1.54, 1.807) is 17.0 Å². The van der Waals surface area contributed by atoms with Crippen LogP contribution in [0.1, 0.15) is 43.0 Å². The zero-order valence-electron chi connectivity index (χ0n) is 12.3. The molecule has 1 saturated heterocycles. The quantitative estimate of drug-likeness (QED) is 0.683. The average molecular weight is 291 g/mol. The second-order valence-electron chi connectivity index (χ2n) is 5.23. The van der Waals surface area contributed by atoms with Crippen LogP contribution in [-0.4, -0.2) is 35.4 Å². The van der Waals surface area contributed by atoms with Gasteiger partial charge in [-0.05, 0) is 31.9 Å². The van der Waals surface area contributed by atoms with Crippen molar-refractivity contribution in [3.8, 4) is 0 Å². The molecule has 6 nitrogen and oxygen atoms in total. The normalized spacial score (nSPS) is 15.4. The number of anilines is 1. The van der Waals surface area contributed by atoms with Crippen molar-refractivity contribution in [1.82, 2.24) is 4.90 Å². The summed E-state index contributed by atoms with van der Waals surface area (Å²) < 4.78 is 0. The van der Waals surface area contributed by atoms with Gasteiger partial charge < -0.3 is 10.2 Å².